The fourth-order valence-electron chi connectivity index (χ4n) is 3.45. The molecular weight excluding hydrogens is 454 g/mol. The maximum atomic E-state index is 9.98. The third-order valence-electron chi connectivity index (χ3n) is 5.16. The number of likely N-dealkylation sites (N-methyl/N-ethyl adjacent to an activating group) is 1. The van der Waals surface area contributed by atoms with Crippen LogP contribution >= 0.6 is 0 Å². The number of hydrogen-bond acceptors (Lipinski definition) is 8. The molecule has 4 rings (SSSR count). The first-order chi connectivity index (χ1) is 17.5. The molecule has 0 amide bonds. The summed E-state index contributed by atoms with van der Waals surface area (Å²) < 4.78 is 11.7. The zero-order valence-corrected chi connectivity index (χ0v) is 20.5. The van der Waals surface area contributed by atoms with E-state index in [4.69, 9.17) is 9.47 Å². The van der Waals surface area contributed by atoms with Crippen LogP contribution in [0.15, 0.2) is 91.1 Å². The first-order valence-electron chi connectivity index (χ1n) is 11.7. The van der Waals surface area contributed by atoms with Gasteiger partial charge in [-0.3, -0.25) is 0 Å². The minimum Gasteiger partial charge on any atom is -0.491 e. The molecule has 0 saturated carbocycles. The second-order valence-corrected chi connectivity index (χ2v) is 8.55. The monoisotopic (exact) mass is 485 g/mol. The number of benzene rings is 3. The Morgan fingerprint density at radius 2 is 1.50 bits per heavy atom. The van der Waals surface area contributed by atoms with E-state index < -0.39 is 6.10 Å². The molecule has 3 aromatic carbocycles. The van der Waals surface area contributed by atoms with Crippen LogP contribution in [0.4, 0.5) is 23.1 Å². The van der Waals surface area contributed by atoms with E-state index in [-0.39, 0.29) is 6.61 Å². The summed E-state index contributed by atoms with van der Waals surface area (Å²) in [6, 6.07) is 27.2. The third-order valence-corrected chi connectivity index (χ3v) is 5.16. The predicted molar refractivity (Wildman–Crippen MR) is 142 cm³/mol. The quantitative estimate of drug-likeness (QED) is 0.262. The zero-order chi connectivity index (χ0) is 25.2. The van der Waals surface area contributed by atoms with E-state index >= 15 is 0 Å². The van der Waals surface area contributed by atoms with Crippen molar-refractivity contribution in [1.29, 1.82) is 0 Å². The summed E-state index contributed by atoms with van der Waals surface area (Å²) in [5.41, 5.74) is 2.76. The molecule has 0 bridgehead atoms. The Kier molecular flexibility index (Phi) is 8.69. The minimum absolute atomic E-state index is 0.229. The summed E-state index contributed by atoms with van der Waals surface area (Å²) in [6.45, 7) is 1.18. The Morgan fingerprint density at radius 1 is 0.833 bits per heavy atom. The molecule has 1 atom stereocenters. The van der Waals surface area contributed by atoms with Crippen LogP contribution in [-0.4, -0.2) is 53.3 Å². The van der Waals surface area contributed by atoms with Crippen molar-refractivity contribution in [2.24, 2.45) is 0 Å². The Labute approximate surface area is 211 Å². The van der Waals surface area contributed by atoms with Gasteiger partial charge in [0, 0.05) is 17.9 Å². The van der Waals surface area contributed by atoms with Crippen molar-refractivity contribution < 1.29 is 14.6 Å². The van der Waals surface area contributed by atoms with E-state index in [1.165, 1.54) is 0 Å². The highest BCUT2D eigenvalue weighted by atomic mass is 16.5. The molecule has 0 aliphatic rings. The van der Waals surface area contributed by atoms with E-state index in [1.54, 1.807) is 6.20 Å². The number of nitrogens with zero attached hydrogens (tertiary/aromatic N) is 3. The number of aliphatic hydroxyl groups excluding tert-OH is 1. The highest BCUT2D eigenvalue weighted by molar-refractivity contribution is 5.64. The van der Waals surface area contributed by atoms with Gasteiger partial charge in [0.2, 0.25) is 5.95 Å². The van der Waals surface area contributed by atoms with Gasteiger partial charge in [0.1, 0.15) is 25.1 Å². The lowest BCUT2D eigenvalue weighted by atomic mass is 10.2. The molecule has 186 valence electrons. The van der Waals surface area contributed by atoms with Crippen molar-refractivity contribution in [2.45, 2.75) is 12.7 Å². The number of anilines is 4. The first kappa shape index (κ1) is 25.0. The molecule has 0 radical (unpaired) electrons. The summed E-state index contributed by atoms with van der Waals surface area (Å²) in [4.78, 5) is 11.0. The van der Waals surface area contributed by atoms with Gasteiger partial charge in [0.25, 0.3) is 0 Å². The Hall–Kier alpha value is -4.14. The lowest BCUT2D eigenvalue weighted by Gasteiger charge is -2.16. The van der Waals surface area contributed by atoms with Gasteiger partial charge in [-0.1, -0.05) is 48.5 Å². The first-order valence-corrected chi connectivity index (χ1v) is 11.7. The van der Waals surface area contributed by atoms with Crippen molar-refractivity contribution >= 4 is 23.1 Å². The second-order valence-electron chi connectivity index (χ2n) is 8.55. The summed E-state index contributed by atoms with van der Waals surface area (Å²) in [5, 5.41) is 16.5. The van der Waals surface area contributed by atoms with Gasteiger partial charge < -0.3 is 30.1 Å². The molecule has 3 N–H and O–H groups in total. The largest absolute Gasteiger partial charge is 0.491 e. The van der Waals surface area contributed by atoms with Gasteiger partial charge in [-0.2, -0.15) is 4.98 Å². The van der Waals surface area contributed by atoms with Crippen LogP contribution in [0.2, 0.25) is 0 Å². The van der Waals surface area contributed by atoms with Crippen LogP contribution in [0.1, 0.15) is 5.56 Å². The van der Waals surface area contributed by atoms with Crippen molar-refractivity contribution in [1.82, 2.24) is 14.9 Å². The summed E-state index contributed by atoms with van der Waals surface area (Å²) in [6.07, 6.45) is 1.11. The number of rotatable bonds is 12. The standard InChI is InChI=1S/C28H31N5O3/c1-33(2)18-24(34)20-35-25-15-13-23(14-16-25)31-28-29-17-26(36-19-21-9-5-3-6-10-21)27(32-28)30-22-11-7-4-8-12-22/h3-17,24,34H,18-20H2,1-2H3,(H2,29,30,31,32). The van der Waals surface area contributed by atoms with Gasteiger partial charge in [0.05, 0.1) is 6.20 Å². The third kappa shape index (κ3) is 7.69. The molecule has 1 aromatic heterocycles. The van der Waals surface area contributed by atoms with Crippen molar-refractivity contribution in [3.05, 3.63) is 96.7 Å². The molecule has 0 aliphatic carbocycles. The topological polar surface area (TPSA) is 91.8 Å². The molecule has 36 heavy (non-hydrogen) atoms. The van der Waals surface area contributed by atoms with Crippen LogP contribution in [0.3, 0.4) is 0 Å². The van der Waals surface area contributed by atoms with Crippen molar-refractivity contribution in [3.63, 3.8) is 0 Å². The van der Waals surface area contributed by atoms with Gasteiger partial charge in [-0.15, -0.1) is 0 Å². The Bertz CT molecular complexity index is 1210. The van der Waals surface area contributed by atoms with Crippen molar-refractivity contribution in [2.75, 3.05) is 37.9 Å². The molecule has 0 saturated heterocycles. The maximum absolute atomic E-state index is 9.98. The smallest absolute Gasteiger partial charge is 0.229 e. The Morgan fingerprint density at radius 3 is 2.19 bits per heavy atom. The van der Waals surface area contributed by atoms with E-state index in [2.05, 4.69) is 20.6 Å². The van der Waals surface area contributed by atoms with E-state index in [1.807, 2.05) is 104 Å². The van der Waals surface area contributed by atoms with Crippen LogP contribution in [0, 0.1) is 0 Å². The van der Waals surface area contributed by atoms with E-state index in [9.17, 15) is 5.11 Å². The van der Waals surface area contributed by atoms with E-state index in [0.717, 1.165) is 16.9 Å². The molecule has 4 aromatic rings. The van der Waals surface area contributed by atoms with Crippen LogP contribution in [-0.2, 0) is 6.61 Å². The number of aromatic nitrogens is 2. The Balaban J connectivity index is 1.44. The fourth-order valence-corrected chi connectivity index (χ4v) is 3.45. The molecule has 0 spiro atoms. The van der Waals surface area contributed by atoms with Gasteiger partial charge in [0.15, 0.2) is 11.6 Å². The number of para-hydroxylation sites is 1. The predicted octanol–water partition coefficient (Wildman–Crippen LogP) is 4.84. The molecule has 1 heterocycles. The SMILES string of the molecule is CN(C)CC(O)COc1ccc(Nc2ncc(OCc3ccccc3)c(Nc3ccccc3)n2)cc1. The van der Waals surface area contributed by atoms with Crippen molar-refractivity contribution in [3.8, 4) is 11.5 Å². The normalized spacial score (nSPS) is 11.7. The fraction of sp³-hybridized carbons (Fsp3) is 0.214. The minimum atomic E-state index is -0.552. The number of ether oxygens (including phenoxy) is 2. The molecule has 1 unspecified atom stereocenters. The van der Waals surface area contributed by atoms with Crippen LogP contribution in [0.5, 0.6) is 11.5 Å². The van der Waals surface area contributed by atoms with Gasteiger partial charge in [-0.05, 0) is 56.1 Å². The highest BCUT2D eigenvalue weighted by Crippen LogP contribution is 2.28. The number of nitrogens with one attached hydrogen (secondary N) is 2. The summed E-state index contributed by atoms with van der Waals surface area (Å²) in [7, 11) is 3.82. The lowest BCUT2D eigenvalue weighted by molar-refractivity contribution is 0.0831. The summed E-state index contributed by atoms with van der Waals surface area (Å²) >= 11 is 0. The van der Waals surface area contributed by atoms with Crippen LogP contribution in [0.25, 0.3) is 0 Å². The average Bonchev–Trinajstić information content (AvgIpc) is 2.89. The van der Waals surface area contributed by atoms with Crippen LogP contribution < -0.4 is 20.1 Å². The number of aliphatic hydroxyl groups is 1. The second kappa shape index (κ2) is 12.5. The molecule has 8 nitrogen and oxygen atoms in total. The summed E-state index contributed by atoms with van der Waals surface area (Å²) in [5.74, 6) is 2.21. The zero-order valence-electron chi connectivity index (χ0n) is 20.5. The molecule has 0 fully saturated rings. The average molecular weight is 486 g/mol. The lowest BCUT2D eigenvalue weighted by Crippen LogP contribution is -2.30. The van der Waals surface area contributed by atoms with E-state index in [0.29, 0.717) is 36.4 Å². The van der Waals surface area contributed by atoms with Gasteiger partial charge in [-0.25, -0.2) is 4.98 Å². The highest BCUT2D eigenvalue weighted by Gasteiger charge is 2.11. The number of hydrogen-bond donors (Lipinski definition) is 3. The maximum Gasteiger partial charge on any atom is 0.229 e. The molecule has 8 heteroatoms. The van der Waals surface area contributed by atoms with Gasteiger partial charge >= 0.3 is 0 Å². The molecular formula is C28H31N5O3. The molecule has 0 aliphatic heterocycles.